The van der Waals surface area contributed by atoms with Crippen LogP contribution in [0.2, 0.25) is 0 Å². The summed E-state index contributed by atoms with van der Waals surface area (Å²) in [6, 6.07) is 10.1. The molecule has 0 aliphatic rings. The molecule has 0 atom stereocenters. The van der Waals surface area contributed by atoms with Gasteiger partial charge in [-0.1, -0.05) is 25.8 Å². The summed E-state index contributed by atoms with van der Waals surface area (Å²) in [6.07, 6.45) is 7.09. The molecule has 1 aromatic carbocycles. The third kappa shape index (κ3) is 4.79. The number of nitrogens with one attached hydrogen (secondary N) is 1. The number of hydrogen-bond donors (Lipinski definition) is 1. The van der Waals surface area contributed by atoms with Crippen molar-refractivity contribution >= 4 is 22.2 Å². The van der Waals surface area contributed by atoms with Crippen molar-refractivity contribution in [2.75, 3.05) is 11.9 Å². The summed E-state index contributed by atoms with van der Waals surface area (Å²) in [5.74, 6) is 0.935. The average Bonchev–Trinajstić information content (AvgIpc) is 3.10. The van der Waals surface area contributed by atoms with Gasteiger partial charge in [0, 0.05) is 35.1 Å². The molecule has 0 radical (unpaired) electrons. The summed E-state index contributed by atoms with van der Waals surface area (Å²) in [6.45, 7) is 5.03. The first-order valence-corrected chi connectivity index (χ1v) is 9.50. The van der Waals surface area contributed by atoms with Crippen molar-refractivity contribution < 1.29 is 4.74 Å². The first kappa shape index (κ1) is 17.4. The van der Waals surface area contributed by atoms with E-state index in [2.05, 4.69) is 41.3 Å². The molecule has 0 amide bonds. The van der Waals surface area contributed by atoms with Gasteiger partial charge in [-0.3, -0.25) is 4.98 Å². The number of aromatic nitrogens is 2. The molecular weight excluding hydrogens is 330 g/mol. The lowest BCUT2D eigenvalue weighted by atomic mass is 10.2. The summed E-state index contributed by atoms with van der Waals surface area (Å²) in [5, 5.41) is 6.27. The van der Waals surface area contributed by atoms with Crippen molar-refractivity contribution in [3.8, 4) is 17.0 Å². The van der Waals surface area contributed by atoms with Crippen LogP contribution in [0.1, 0.15) is 31.7 Å². The SMILES string of the molecule is CCCCCOc1cc(Nc2nc(-c3cccnc3)cs2)ccc1C. The Morgan fingerprint density at radius 3 is 2.92 bits per heavy atom. The predicted octanol–water partition coefficient (Wildman–Crippen LogP) is 5.83. The van der Waals surface area contributed by atoms with Gasteiger partial charge in [0.15, 0.2) is 5.13 Å². The van der Waals surface area contributed by atoms with Crippen LogP contribution in [-0.4, -0.2) is 16.6 Å². The lowest BCUT2D eigenvalue weighted by Gasteiger charge is -2.11. The maximum absolute atomic E-state index is 5.93. The van der Waals surface area contributed by atoms with Gasteiger partial charge in [-0.2, -0.15) is 0 Å². The number of hydrogen-bond acceptors (Lipinski definition) is 5. The van der Waals surface area contributed by atoms with Crippen molar-refractivity contribution in [1.82, 2.24) is 9.97 Å². The van der Waals surface area contributed by atoms with E-state index in [9.17, 15) is 0 Å². The molecule has 0 fully saturated rings. The molecule has 2 heterocycles. The zero-order chi connectivity index (χ0) is 17.5. The van der Waals surface area contributed by atoms with Crippen molar-refractivity contribution in [2.45, 2.75) is 33.1 Å². The Morgan fingerprint density at radius 1 is 1.20 bits per heavy atom. The number of nitrogens with zero attached hydrogens (tertiary/aromatic N) is 2. The molecule has 0 unspecified atom stereocenters. The van der Waals surface area contributed by atoms with E-state index >= 15 is 0 Å². The van der Waals surface area contributed by atoms with E-state index in [-0.39, 0.29) is 0 Å². The summed E-state index contributed by atoms with van der Waals surface area (Å²) in [5.41, 5.74) is 4.10. The van der Waals surface area contributed by atoms with Gasteiger partial charge in [-0.15, -0.1) is 11.3 Å². The van der Waals surface area contributed by atoms with Gasteiger partial charge in [-0.05, 0) is 37.1 Å². The highest BCUT2D eigenvalue weighted by atomic mass is 32.1. The largest absolute Gasteiger partial charge is 0.493 e. The lowest BCUT2D eigenvalue weighted by molar-refractivity contribution is 0.304. The van der Waals surface area contributed by atoms with Crippen LogP contribution >= 0.6 is 11.3 Å². The van der Waals surface area contributed by atoms with Gasteiger partial charge in [0.1, 0.15) is 5.75 Å². The second-order valence-corrected chi connectivity index (χ2v) is 6.80. The topological polar surface area (TPSA) is 47.0 Å². The maximum atomic E-state index is 5.93. The zero-order valence-electron chi connectivity index (χ0n) is 14.7. The molecular formula is C20H23N3OS. The minimum absolute atomic E-state index is 0.764. The summed E-state index contributed by atoms with van der Waals surface area (Å²) in [7, 11) is 0. The molecule has 4 nitrogen and oxygen atoms in total. The van der Waals surface area contributed by atoms with Crippen LogP contribution in [0.4, 0.5) is 10.8 Å². The normalized spacial score (nSPS) is 10.6. The summed E-state index contributed by atoms with van der Waals surface area (Å²) in [4.78, 5) is 8.79. The highest BCUT2D eigenvalue weighted by Gasteiger charge is 2.07. The van der Waals surface area contributed by atoms with Crippen LogP contribution in [0.15, 0.2) is 48.1 Å². The smallest absolute Gasteiger partial charge is 0.187 e. The molecule has 0 aliphatic carbocycles. The van der Waals surface area contributed by atoms with Crippen LogP contribution in [0.25, 0.3) is 11.3 Å². The van der Waals surface area contributed by atoms with Gasteiger partial charge in [0.25, 0.3) is 0 Å². The Labute approximate surface area is 152 Å². The van der Waals surface area contributed by atoms with E-state index in [1.54, 1.807) is 17.5 Å². The van der Waals surface area contributed by atoms with Crippen molar-refractivity contribution in [3.05, 3.63) is 53.7 Å². The fourth-order valence-corrected chi connectivity index (χ4v) is 3.21. The van der Waals surface area contributed by atoms with Gasteiger partial charge in [0.05, 0.1) is 12.3 Å². The molecule has 0 bridgehead atoms. The zero-order valence-corrected chi connectivity index (χ0v) is 15.5. The van der Waals surface area contributed by atoms with Crippen molar-refractivity contribution in [3.63, 3.8) is 0 Å². The Morgan fingerprint density at radius 2 is 2.12 bits per heavy atom. The second-order valence-electron chi connectivity index (χ2n) is 5.94. The van der Waals surface area contributed by atoms with Gasteiger partial charge in [-0.25, -0.2) is 4.98 Å². The quantitative estimate of drug-likeness (QED) is 0.518. The fourth-order valence-electron chi connectivity index (χ4n) is 2.47. The molecule has 1 N–H and O–H groups in total. The van der Waals surface area contributed by atoms with Crippen molar-refractivity contribution in [1.29, 1.82) is 0 Å². The van der Waals surface area contributed by atoms with Gasteiger partial charge < -0.3 is 10.1 Å². The molecule has 3 aromatic rings. The first-order valence-electron chi connectivity index (χ1n) is 8.62. The second kappa shape index (κ2) is 8.62. The minimum atomic E-state index is 0.764. The molecule has 0 saturated carbocycles. The summed E-state index contributed by atoms with van der Waals surface area (Å²) >= 11 is 1.58. The predicted molar refractivity (Wildman–Crippen MR) is 105 cm³/mol. The Hall–Kier alpha value is -2.40. The minimum Gasteiger partial charge on any atom is -0.493 e. The van der Waals surface area contributed by atoms with Crippen LogP contribution in [-0.2, 0) is 0 Å². The molecule has 0 aliphatic heterocycles. The number of unbranched alkanes of at least 4 members (excludes halogenated alkanes) is 2. The Balaban J connectivity index is 1.68. The highest BCUT2D eigenvalue weighted by Crippen LogP contribution is 2.29. The molecule has 0 spiro atoms. The van der Waals surface area contributed by atoms with Crippen LogP contribution in [0, 0.1) is 6.92 Å². The third-order valence-electron chi connectivity index (χ3n) is 3.91. The number of anilines is 2. The maximum Gasteiger partial charge on any atom is 0.187 e. The molecule has 0 saturated heterocycles. The van der Waals surface area contributed by atoms with E-state index in [0.717, 1.165) is 46.4 Å². The monoisotopic (exact) mass is 353 g/mol. The Kier molecular flexibility index (Phi) is 6.01. The third-order valence-corrected chi connectivity index (χ3v) is 4.66. The highest BCUT2D eigenvalue weighted by molar-refractivity contribution is 7.14. The average molecular weight is 353 g/mol. The number of thiazole rings is 1. The fraction of sp³-hybridized carbons (Fsp3) is 0.300. The van der Waals surface area contributed by atoms with Crippen molar-refractivity contribution in [2.24, 2.45) is 0 Å². The van der Waals surface area contributed by atoms with E-state index in [0.29, 0.717) is 0 Å². The standard InChI is InChI=1S/C20H23N3OS/c1-3-4-5-11-24-19-12-17(9-8-15(19)2)22-20-23-18(14-25-20)16-7-6-10-21-13-16/h6-10,12-14H,3-5,11H2,1-2H3,(H,22,23). The number of benzene rings is 1. The van der Waals surface area contributed by atoms with Crippen LogP contribution < -0.4 is 10.1 Å². The molecule has 3 rings (SSSR count). The van der Waals surface area contributed by atoms with Crippen LogP contribution in [0.5, 0.6) is 5.75 Å². The molecule has 130 valence electrons. The first-order chi connectivity index (χ1) is 12.3. The lowest BCUT2D eigenvalue weighted by Crippen LogP contribution is -1.99. The van der Waals surface area contributed by atoms with Crippen LogP contribution in [0.3, 0.4) is 0 Å². The van der Waals surface area contributed by atoms with Gasteiger partial charge >= 0.3 is 0 Å². The molecule has 25 heavy (non-hydrogen) atoms. The van der Waals surface area contributed by atoms with E-state index in [1.165, 1.54) is 12.8 Å². The number of ether oxygens (including phenoxy) is 1. The number of rotatable bonds is 8. The number of aryl methyl sites for hydroxylation is 1. The van der Waals surface area contributed by atoms with Gasteiger partial charge in [0.2, 0.25) is 0 Å². The number of pyridine rings is 1. The molecule has 2 aromatic heterocycles. The van der Waals surface area contributed by atoms with E-state index < -0.39 is 0 Å². The van der Waals surface area contributed by atoms with E-state index in [4.69, 9.17) is 4.74 Å². The summed E-state index contributed by atoms with van der Waals surface area (Å²) < 4.78 is 5.93. The Bertz CT molecular complexity index is 802. The van der Waals surface area contributed by atoms with E-state index in [1.807, 2.05) is 29.8 Å². The molecule has 5 heteroatoms.